The summed E-state index contributed by atoms with van der Waals surface area (Å²) < 4.78 is 43.0. The molecule has 0 aliphatic carbocycles. The lowest BCUT2D eigenvalue weighted by molar-refractivity contribution is -0.173. The van der Waals surface area contributed by atoms with Crippen molar-refractivity contribution in [2.24, 2.45) is 0 Å². The first-order chi connectivity index (χ1) is 13.3. The molecule has 0 bridgehead atoms. The van der Waals surface area contributed by atoms with E-state index in [0.29, 0.717) is 13.1 Å². The highest BCUT2D eigenvalue weighted by atomic mass is 79.9. The summed E-state index contributed by atoms with van der Waals surface area (Å²) in [5.74, 6) is -0.0774. The summed E-state index contributed by atoms with van der Waals surface area (Å²) in [6.45, 7) is 1.25. The van der Waals surface area contributed by atoms with Crippen LogP contribution in [0.2, 0.25) is 0 Å². The number of alkyl halides is 3. The van der Waals surface area contributed by atoms with Gasteiger partial charge in [-0.15, -0.1) is 0 Å². The van der Waals surface area contributed by atoms with Gasteiger partial charge in [0.05, 0.1) is 6.04 Å². The van der Waals surface area contributed by atoms with Gasteiger partial charge in [-0.3, -0.25) is 4.79 Å². The topological polar surface area (TPSA) is 50.2 Å². The molecule has 1 fully saturated rings. The molecule has 28 heavy (non-hydrogen) atoms. The lowest BCUT2D eigenvalue weighted by Crippen LogP contribution is -2.37. The van der Waals surface area contributed by atoms with Gasteiger partial charge in [-0.1, -0.05) is 28.1 Å². The number of carbonyl (C=O) groups is 1. The fraction of sp³-hybridized carbons (Fsp3) is 0.474. The van der Waals surface area contributed by atoms with Crippen molar-refractivity contribution in [3.05, 3.63) is 46.1 Å². The Kier molecular flexibility index (Phi) is 5.11. The summed E-state index contributed by atoms with van der Waals surface area (Å²) in [7, 11) is 0. The van der Waals surface area contributed by atoms with Gasteiger partial charge in [0.15, 0.2) is 11.7 Å². The maximum absolute atomic E-state index is 13.7. The van der Waals surface area contributed by atoms with Crippen LogP contribution < -0.4 is 5.32 Å². The zero-order chi connectivity index (χ0) is 19.9. The second-order valence-corrected chi connectivity index (χ2v) is 8.17. The second kappa shape index (κ2) is 7.42. The molecule has 1 saturated heterocycles. The Hall–Kier alpha value is -2.03. The minimum Gasteiger partial charge on any atom is -0.363 e. The molecule has 4 rings (SSSR count). The third-order valence-corrected chi connectivity index (χ3v) is 5.85. The van der Waals surface area contributed by atoms with E-state index in [1.807, 2.05) is 0 Å². The van der Waals surface area contributed by atoms with Crippen LogP contribution in [0.5, 0.6) is 0 Å². The van der Waals surface area contributed by atoms with Crippen LogP contribution in [0.4, 0.5) is 19.0 Å². The number of anilines is 1. The Balaban J connectivity index is 1.65. The van der Waals surface area contributed by atoms with Crippen molar-refractivity contribution < 1.29 is 18.0 Å². The van der Waals surface area contributed by atoms with E-state index in [9.17, 15) is 18.0 Å². The molecule has 0 unspecified atom stereocenters. The van der Waals surface area contributed by atoms with Crippen molar-refractivity contribution in [2.75, 3.05) is 18.4 Å². The van der Waals surface area contributed by atoms with Crippen LogP contribution >= 0.6 is 15.9 Å². The second-order valence-electron chi connectivity index (χ2n) is 7.25. The highest BCUT2D eigenvalue weighted by molar-refractivity contribution is 9.10. The normalized spacial score (nSPS) is 22.5. The van der Waals surface area contributed by atoms with Crippen LogP contribution in [0.15, 0.2) is 34.8 Å². The van der Waals surface area contributed by atoms with E-state index in [4.69, 9.17) is 0 Å². The van der Waals surface area contributed by atoms with Crippen molar-refractivity contribution in [2.45, 2.75) is 43.9 Å². The monoisotopic (exact) mass is 456 g/mol. The first kappa shape index (κ1) is 19.3. The molecule has 150 valence electrons. The number of amides is 1. The van der Waals surface area contributed by atoms with Crippen molar-refractivity contribution in [1.29, 1.82) is 0 Å². The number of carbonyl (C=O) groups excluding carboxylic acids is 1. The van der Waals surface area contributed by atoms with E-state index < -0.39 is 18.3 Å². The van der Waals surface area contributed by atoms with E-state index in [0.717, 1.165) is 34.0 Å². The third kappa shape index (κ3) is 3.76. The molecule has 0 spiro atoms. The van der Waals surface area contributed by atoms with E-state index >= 15 is 0 Å². The van der Waals surface area contributed by atoms with Gasteiger partial charge in [0.2, 0.25) is 0 Å². The molecule has 3 heterocycles. The molecule has 2 aliphatic heterocycles. The number of piperidine rings is 1. The molecule has 2 atom stereocenters. The summed E-state index contributed by atoms with van der Waals surface area (Å²) in [6.07, 6.45) is -1.75. The predicted molar refractivity (Wildman–Crippen MR) is 102 cm³/mol. The first-order valence-electron chi connectivity index (χ1n) is 9.30. The number of hydrogen-bond acceptors (Lipinski definition) is 3. The molecule has 2 aliphatic rings. The van der Waals surface area contributed by atoms with E-state index in [2.05, 4.69) is 26.3 Å². The van der Waals surface area contributed by atoms with Gasteiger partial charge < -0.3 is 10.2 Å². The van der Waals surface area contributed by atoms with Gasteiger partial charge in [0, 0.05) is 30.0 Å². The van der Waals surface area contributed by atoms with Crippen LogP contribution in [0, 0.1) is 0 Å². The zero-order valence-electron chi connectivity index (χ0n) is 15.0. The van der Waals surface area contributed by atoms with Crippen LogP contribution in [-0.4, -0.2) is 39.9 Å². The first-order valence-corrected chi connectivity index (χ1v) is 10.1. The number of halogens is 4. The van der Waals surface area contributed by atoms with Gasteiger partial charge in [0.25, 0.3) is 5.91 Å². The van der Waals surface area contributed by atoms with Crippen molar-refractivity contribution in [3.8, 4) is 0 Å². The minimum atomic E-state index is -4.46. The molecule has 1 amide bonds. The summed E-state index contributed by atoms with van der Waals surface area (Å²) in [5, 5.41) is 7.18. The van der Waals surface area contributed by atoms with E-state index in [1.54, 1.807) is 29.2 Å². The van der Waals surface area contributed by atoms with Gasteiger partial charge in [-0.25, -0.2) is 4.68 Å². The average Bonchev–Trinajstić information content (AvgIpc) is 3.11. The van der Waals surface area contributed by atoms with Gasteiger partial charge in [-0.2, -0.15) is 18.3 Å². The molecular weight excluding hydrogens is 437 g/mol. The number of aromatic nitrogens is 2. The summed E-state index contributed by atoms with van der Waals surface area (Å²) in [6, 6.07) is 6.35. The largest absolute Gasteiger partial charge is 0.410 e. The average molecular weight is 457 g/mol. The molecule has 2 aromatic rings. The van der Waals surface area contributed by atoms with Crippen LogP contribution in [0.1, 0.15) is 53.8 Å². The van der Waals surface area contributed by atoms with Crippen LogP contribution in [0.25, 0.3) is 0 Å². The maximum Gasteiger partial charge on any atom is 0.410 e. The standard InChI is InChI=1S/C19H20BrF3N4O/c20-13-6-4-12(5-7-13)14-10-16(19(21,22)23)27-17(24-14)11-15(25-27)18(28)26-8-2-1-3-9-26/h4-7,11,14,16,24H,1-3,8-10H2/t14-,16-/m1/s1. The van der Waals surface area contributed by atoms with Gasteiger partial charge >= 0.3 is 6.18 Å². The Labute approximate surface area is 169 Å². The molecule has 1 aromatic carbocycles. The number of nitrogens with one attached hydrogen (secondary N) is 1. The smallest absolute Gasteiger partial charge is 0.363 e. The summed E-state index contributed by atoms with van der Waals surface area (Å²) >= 11 is 3.34. The Morgan fingerprint density at radius 2 is 1.82 bits per heavy atom. The zero-order valence-corrected chi connectivity index (χ0v) is 16.6. The van der Waals surface area contributed by atoms with E-state index in [1.165, 1.54) is 6.07 Å². The van der Waals surface area contributed by atoms with Crippen LogP contribution in [-0.2, 0) is 0 Å². The Morgan fingerprint density at radius 3 is 2.46 bits per heavy atom. The van der Waals surface area contributed by atoms with Gasteiger partial charge in [0.1, 0.15) is 5.82 Å². The summed E-state index contributed by atoms with van der Waals surface area (Å²) in [5.41, 5.74) is 0.823. The fourth-order valence-corrected chi connectivity index (χ4v) is 4.11. The minimum absolute atomic E-state index is 0.0649. The van der Waals surface area contributed by atoms with Crippen LogP contribution in [0.3, 0.4) is 0 Å². The Morgan fingerprint density at radius 1 is 1.14 bits per heavy atom. The third-order valence-electron chi connectivity index (χ3n) is 5.32. The van der Waals surface area contributed by atoms with E-state index in [-0.39, 0.29) is 23.8 Å². The number of benzene rings is 1. The number of fused-ring (bicyclic) bond motifs is 1. The molecule has 9 heteroatoms. The molecule has 5 nitrogen and oxygen atoms in total. The highest BCUT2D eigenvalue weighted by Gasteiger charge is 2.47. The van der Waals surface area contributed by atoms with Crippen molar-refractivity contribution >= 4 is 27.7 Å². The highest BCUT2D eigenvalue weighted by Crippen LogP contribution is 2.43. The molecule has 1 N–H and O–H groups in total. The van der Waals surface area contributed by atoms with Crippen molar-refractivity contribution in [3.63, 3.8) is 0 Å². The molecule has 0 saturated carbocycles. The number of rotatable bonds is 2. The number of nitrogens with zero attached hydrogens (tertiary/aromatic N) is 3. The maximum atomic E-state index is 13.7. The fourth-order valence-electron chi connectivity index (χ4n) is 3.85. The van der Waals surface area contributed by atoms with Crippen molar-refractivity contribution in [1.82, 2.24) is 14.7 Å². The number of hydrogen-bond donors (Lipinski definition) is 1. The predicted octanol–water partition coefficient (Wildman–Crippen LogP) is 4.93. The quantitative estimate of drug-likeness (QED) is 0.696. The SMILES string of the molecule is O=C(c1cc2n(n1)[C@@H](C(F)(F)F)C[C@H](c1ccc(Br)cc1)N2)N1CCCCC1. The molecule has 1 aromatic heterocycles. The number of likely N-dealkylation sites (tertiary alicyclic amines) is 1. The van der Waals surface area contributed by atoms with Gasteiger partial charge in [-0.05, 0) is 37.0 Å². The lowest BCUT2D eigenvalue weighted by Gasteiger charge is -2.33. The molecule has 0 radical (unpaired) electrons. The Bertz CT molecular complexity index is 859. The summed E-state index contributed by atoms with van der Waals surface area (Å²) in [4.78, 5) is 14.4. The lowest BCUT2D eigenvalue weighted by atomic mass is 9.97. The molecular formula is C19H20BrF3N4O.